The molecule has 0 aliphatic carbocycles. The first-order chi connectivity index (χ1) is 11.5. The molecule has 0 radical (unpaired) electrons. The van der Waals surface area contributed by atoms with Crippen LogP contribution in [-0.2, 0) is 4.74 Å². The number of rotatable bonds is 4. The van der Waals surface area contributed by atoms with Crippen LogP contribution >= 0.6 is 0 Å². The predicted octanol–water partition coefficient (Wildman–Crippen LogP) is -0.147. The van der Waals surface area contributed by atoms with Gasteiger partial charge in [-0.15, -0.1) is 0 Å². The third kappa shape index (κ3) is 2.99. The number of benzene rings is 1. The molecule has 8 nitrogen and oxygen atoms in total. The molecule has 0 spiro atoms. The second-order valence-electron chi connectivity index (χ2n) is 5.54. The third-order valence-electron chi connectivity index (χ3n) is 4.03. The molecule has 2 heterocycles. The summed E-state index contributed by atoms with van der Waals surface area (Å²) in [5.74, 6) is 0.644. The average Bonchev–Trinajstić information content (AvgIpc) is 2.94. The average molecular weight is 334 g/mol. The van der Waals surface area contributed by atoms with Gasteiger partial charge in [-0.05, 0) is 29.8 Å². The summed E-state index contributed by atoms with van der Waals surface area (Å²) >= 11 is 0. The lowest BCUT2D eigenvalue weighted by Gasteiger charge is -2.18. The Morgan fingerprint density at radius 2 is 2.04 bits per heavy atom. The van der Waals surface area contributed by atoms with E-state index in [1.165, 1.54) is 10.6 Å². The van der Waals surface area contributed by atoms with Crippen molar-refractivity contribution in [3.05, 3.63) is 51.2 Å². The Hall–Kier alpha value is -2.42. The van der Waals surface area contributed by atoms with Crippen LogP contribution in [0.2, 0.25) is 0 Å². The summed E-state index contributed by atoms with van der Waals surface area (Å²) < 4.78 is 11.9. The molecule has 0 saturated carbocycles. The number of aromatic nitrogens is 2. The van der Waals surface area contributed by atoms with Crippen molar-refractivity contribution in [3.8, 4) is 17.0 Å². The van der Waals surface area contributed by atoms with Crippen molar-refractivity contribution < 1.29 is 19.7 Å². The summed E-state index contributed by atoms with van der Waals surface area (Å²) in [6.45, 7) is -0.354. The Bertz CT molecular complexity index is 826. The van der Waals surface area contributed by atoms with Gasteiger partial charge in [0.25, 0.3) is 5.56 Å². The van der Waals surface area contributed by atoms with Crippen molar-refractivity contribution in [1.29, 1.82) is 0 Å². The molecule has 2 aromatic rings. The van der Waals surface area contributed by atoms with E-state index < -0.39 is 29.7 Å². The molecular weight excluding hydrogens is 316 g/mol. The Morgan fingerprint density at radius 3 is 2.62 bits per heavy atom. The molecule has 1 fully saturated rings. The Morgan fingerprint density at radius 1 is 1.33 bits per heavy atom. The molecule has 1 aromatic heterocycles. The summed E-state index contributed by atoms with van der Waals surface area (Å²) in [6, 6.07) is 8.17. The van der Waals surface area contributed by atoms with Gasteiger partial charge < -0.3 is 19.7 Å². The van der Waals surface area contributed by atoms with E-state index in [2.05, 4.69) is 4.98 Å². The fourth-order valence-corrected chi connectivity index (χ4v) is 2.81. The molecule has 1 saturated heterocycles. The molecule has 3 atom stereocenters. The molecule has 1 aliphatic heterocycles. The van der Waals surface area contributed by atoms with Crippen LogP contribution in [0.5, 0.6) is 5.75 Å². The van der Waals surface area contributed by atoms with E-state index in [-0.39, 0.29) is 13.0 Å². The van der Waals surface area contributed by atoms with E-state index in [1.807, 2.05) is 0 Å². The molecule has 1 aromatic carbocycles. The molecular formula is C16H18N2O6. The van der Waals surface area contributed by atoms with Crippen molar-refractivity contribution in [3.63, 3.8) is 0 Å². The molecule has 1 aliphatic rings. The molecule has 24 heavy (non-hydrogen) atoms. The van der Waals surface area contributed by atoms with E-state index in [0.717, 1.165) is 0 Å². The number of nitrogens with one attached hydrogen (secondary N) is 1. The summed E-state index contributed by atoms with van der Waals surface area (Å²) in [5.41, 5.74) is -0.171. The number of methoxy groups -OCH3 is 1. The third-order valence-corrected chi connectivity index (χ3v) is 4.03. The summed E-state index contributed by atoms with van der Waals surface area (Å²) in [7, 11) is 1.54. The van der Waals surface area contributed by atoms with Crippen LogP contribution in [0.15, 0.2) is 39.9 Å². The van der Waals surface area contributed by atoms with Gasteiger partial charge in [0.15, 0.2) is 0 Å². The zero-order valence-electron chi connectivity index (χ0n) is 13.0. The largest absolute Gasteiger partial charge is 0.497 e. The molecule has 3 N–H and O–H groups in total. The molecule has 0 bridgehead atoms. The van der Waals surface area contributed by atoms with Gasteiger partial charge in [-0.3, -0.25) is 14.3 Å². The van der Waals surface area contributed by atoms with E-state index in [1.54, 1.807) is 31.4 Å². The maximum absolute atomic E-state index is 12.3. The number of aliphatic hydroxyl groups is 2. The van der Waals surface area contributed by atoms with E-state index >= 15 is 0 Å². The van der Waals surface area contributed by atoms with Crippen LogP contribution in [-0.4, -0.2) is 45.7 Å². The number of aliphatic hydroxyl groups excluding tert-OH is 2. The van der Waals surface area contributed by atoms with Gasteiger partial charge in [0, 0.05) is 12.5 Å². The molecule has 128 valence electrons. The standard InChI is InChI=1S/C16H18N2O6/c1-23-10-4-2-9(3-5-10)11-6-14(21)17-16(22)18(11)15-7-12(20)13(8-19)24-15/h2-6,12-13,15,19-20H,7-8H2,1H3,(H,17,21,22)/t12-,13+,15+/m0/s1. The summed E-state index contributed by atoms with van der Waals surface area (Å²) in [4.78, 5) is 26.2. The predicted molar refractivity (Wildman–Crippen MR) is 84.9 cm³/mol. The Balaban J connectivity index is 2.09. The fraction of sp³-hybridized carbons (Fsp3) is 0.375. The zero-order valence-corrected chi connectivity index (χ0v) is 13.0. The normalized spacial score (nSPS) is 23.4. The van der Waals surface area contributed by atoms with Gasteiger partial charge in [0.2, 0.25) is 0 Å². The van der Waals surface area contributed by atoms with Crippen molar-refractivity contribution in [1.82, 2.24) is 9.55 Å². The first-order valence-electron chi connectivity index (χ1n) is 7.48. The number of hydrogen-bond donors (Lipinski definition) is 3. The summed E-state index contributed by atoms with van der Waals surface area (Å²) in [6.07, 6.45) is -2.29. The highest BCUT2D eigenvalue weighted by Gasteiger charge is 2.36. The van der Waals surface area contributed by atoms with E-state index in [4.69, 9.17) is 9.47 Å². The first-order valence-corrected chi connectivity index (χ1v) is 7.48. The lowest BCUT2D eigenvalue weighted by atomic mass is 10.1. The van der Waals surface area contributed by atoms with Crippen LogP contribution in [0, 0.1) is 0 Å². The Kier molecular flexibility index (Phi) is 4.52. The highest BCUT2D eigenvalue weighted by molar-refractivity contribution is 5.60. The maximum atomic E-state index is 12.3. The second-order valence-corrected chi connectivity index (χ2v) is 5.54. The van der Waals surface area contributed by atoms with Crippen molar-refractivity contribution >= 4 is 0 Å². The second kappa shape index (κ2) is 6.60. The summed E-state index contributed by atoms with van der Waals surface area (Å²) in [5, 5.41) is 19.1. The number of H-pyrrole nitrogens is 1. The maximum Gasteiger partial charge on any atom is 0.330 e. The fourth-order valence-electron chi connectivity index (χ4n) is 2.81. The highest BCUT2D eigenvalue weighted by Crippen LogP contribution is 2.31. The van der Waals surface area contributed by atoms with Crippen molar-refractivity contribution in [2.45, 2.75) is 24.9 Å². The van der Waals surface area contributed by atoms with Gasteiger partial charge in [-0.25, -0.2) is 4.79 Å². The highest BCUT2D eigenvalue weighted by atomic mass is 16.5. The number of ether oxygens (including phenoxy) is 2. The Labute approximate surface area is 136 Å². The van der Waals surface area contributed by atoms with Crippen LogP contribution in [0.3, 0.4) is 0 Å². The van der Waals surface area contributed by atoms with Crippen molar-refractivity contribution in [2.75, 3.05) is 13.7 Å². The zero-order chi connectivity index (χ0) is 17.3. The lowest BCUT2D eigenvalue weighted by molar-refractivity contribution is -0.0453. The van der Waals surface area contributed by atoms with Crippen LogP contribution in [0.1, 0.15) is 12.6 Å². The van der Waals surface area contributed by atoms with Crippen LogP contribution in [0.4, 0.5) is 0 Å². The number of nitrogens with zero attached hydrogens (tertiary/aromatic N) is 1. The van der Waals surface area contributed by atoms with Gasteiger partial charge in [-0.1, -0.05) is 0 Å². The van der Waals surface area contributed by atoms with E-state index in [0.29, 0.717) is 17.0 Å². The smallest absolute Gasteiger partial charge is 0.330 e. The van der Waals surface area contributed by atoms with Gasteiger partial charge >= 0.3 is 5.69 Å². The van der Waals surface area contributed by atoms with Gasteiger partial charge in [0.05, 0.1) is 25.5 Å². The number of hydrogen-bond acceptors (Lipinski definition) is 6. The van der Waals surface area contributed by atoms with E-state index in [9.17, 15) is 19.8 Å². The minimum atomic E-state index is -0.887. The van der Waals surface area contributed by atoms with Crippen LogP contribution in [0.25, 0.3) is 11.3 Å². The molecule has 0 amide bonds. The molecule has 8 heteroatoms. The molecule has 0 unspecified atom stereocenters. The minimum Gasteiger partial charge on any atom is -0.497 e. The van der Waals surface area contributed by atoms with Gasteiger partial charge in [-0.2, -0.15) is 0 Å². The monoisotopic (exact) mass is 334 g/mol. The van der Waals surface area contributed by atoms with Crippen LogP contribution < -0.4 is 16.0 Å². The lowest BCUT2D eigenvalue weighted by Crippen LogP contribution is -2.33. The quantitative estimate of drug-likeness (QED) is 0.717. The first kappa shape index (κ1) is 16.4. The SMILES string of the molecule is COc1ccc(-c2cc(=O)[nH]c(=O)n2[C@H]2C[C@H](O)[C@@H](CO)O2)cc1. The van der Waals surface area contributed by atoms with Gasteiger partial charge in [0.1, 0.15) is 18.1 Å². The molecule has 3 rings (SSSR count). The van der Waals surface area contributed by atoms with Crippen molar-refractivity contribution in [2.24, 2.45) is 0 Å². The topological polar surface area (TPSA) is 114 Å². The minimum absolute atomic E-state index is 0.139. The number of aromatic amines is 1.